The highest BCUT2D eigenvalue weighted by molar-refractivity contribution is 7.98. The van der Waals surface area contributed by atoms with Crippen LogP contribution in [0, 0.1) is 6.42 Å². The summed E-state index contributed by atoms with van der Waals surface area (Å²) in [4.78, 5) is 0. The van der Waals surface area contributed by atoms with Crippen LogP contribution in [0.15, 0.2) is 0 Å². The zero-order valence-corrected chi connectivity index (χ0v) is 6.95. The molecule has 1 heterocycles. The smallest absolute Gasteiger partial charge is 0.165 e. The molecule has 2 nitrogen and oxygen atoms in total. The number of hydrogen-bond donors (Lipinski definition) is 0. The summed E-state index contributed by atoms with van der Waals surface area (Å²) in [7, 11) is 0. The highest BCUT2D eigenvalue weighted by Crippen LogP contribution is 2.13. The Morgan fingerprint density at radius 2 is 2.70 bits per heavy atom. The van der Waals surface area contributed by atoms with E-state index in [9.17, 15) is 0 Å². The van der Waals surface area contributed by atoms with Gasteiger partial charge in [0.25, 0.3) is 0 Å². The van der Waals surface area contributed by atoms with Crippen molar-refractivity contribution in [2.45, 2.75) is 19.1 Å². The summed E-state index contributed by atoms with van der Waals surface area (Å²) in [5.74, 6) is 0.692. The molecule has 0 aromatic heterocycles. The average molecular weight is 160 g/mol. The maximum atomic E-state index is 5.26. The largest absolute Gasteiger partial charge is 0.352 e. The van der Waals surface area contributed by atoms with Crippen molar-refractivity contribution in [2.75, 3.05) is 18.8 Å². The average Bonchev–Trinajstić information content (AvgIpc) is 2.03. The summed E-state index contributed by atoms with van der Waals surface area (Å²) >= 11 is 1.65. The van der Waals surface area contributed by atoms with Crippen LogP contribution in [-0.2, 0) is 9.47 Å². The predicted octanol–water partition coefficient (Wildman–Crippen LogP) is 1.54. The van der Waals surface area contributed by atoms with Crippen molar-refractivity contribution in [3.63, 3.8) is 0 Å². The van der Waals surface area contributed by atoms with Gasteiger partial charge in [-0.2, -0.15) is 0 Å². The lowest BCUT2D eigenvalue weighted by Gasteiger charge is -2.21. The molecular formula is C7H12O2S. The van der Waals surface area contributed by atoms with Gasteiger partial charge in [-0.1, -0.05) is 0 Å². The first-order valence-corrected chi connectivity index (χ1v) is 4.78. The minimum atomic E-state index is -0.166. The summed E-state index contributed by atoms with van der Waals surface area (Å²) in [6.07, 6.45) is 7.01. The van der Waals surface area contributed by atoms with Crippen LogP contribution in [0.3, 0.4) is 0 Å². The summed E-state index contributed by atoms with van der Waals surface area (Å²) in [6, 6.07) is 0. The molecule has 0 spiro atoms. The van der Waals surface area contributed by atoms with Crippen LogP contribution in [0.4, 0.5) is 0 Å². The van der Waals surface area contributed by atoms with E-state index in [0.29, 0.717) is 5.94 Å². The van der Waals surface area contributed by atoms with E-state index in [4.69, 9.17) is 9.47 Å². The molecule has 0 aromatic rings. The molecule has 1 saturated heterocycles. The molecule has 1 atom stereocenters. The first kappa shape index (κ1) is 8.37. The monoisotopic (exact) mass is 160 g/mol. The fourth-order valence-corrected chi connectivity index (χ4v) is 1.04. The molecule has 0 amide bonds. The van der Waals surface area contributed by atoms with E-state index >= 15 is 0 Å². The standard InChI is InChI=1S/C7H12O2S/c1-10-6-9-7-4-2-3-5-8-7/h7H,2-3,5-6H2,1H3. The molecule has 2 radical (unpaired) electrons. The van der Waals surface area contributed by atoms with Crippen LogP contribution in [0.1, 0.15) is 12.8 Å². The summed E-state index contributed by atoms with van der Waals surface area (Å²) in [5, 5.41) is 0. The van der Waals surface area contributed by atoms with E-state index in [1.165, 1.54) is 0 Å². The van der Waals surface area contributed by atoms with E-state index in [-0.39, 0.29) is 6.29 Å². The molecule has 1 unspecified atom stereocenters. The van der Waals surface area contributed by atoms with Crippen LogP contribution in [0.2, 0.25) is 0 Å². The van der Waals surface area contributed by atoms with E-state index < -0.39 is 0 Å². The van der Waals surface area contributed by atoms with Gasteiger partial charge in [-0.3, -0.25) is 0 Å². The van der Waals surface area contributed by atoms with Crippen molar-refractivity contribution in [3.8, 4) is 0 Å². The van der Waals surface area contributed by atoms with Gasteiger partial charge in [-0.05, 0) is 19.1 Å². The van der Waals surface area contributed by atoms with E-state index in [2.05, 4.69) is 6.42 Å². The Labute approximate surface area is 66.3 Å². The molecule has 1 aliphatic rings. The molecule has 0 aromatic carbocycles. The van der Waals surface area contributed by atoms with Gasteiger partial charge in [0.2, 0.25) is 0 Å². The molecule has 0 N–H and O–H groups in total. The van der Waals surface area contributed by atoms with Gasteiger partial charge in [0.15, 0.2) is 6.29 Å². The molecule has 1 rings (SSSR count). The molecule has 0 bridgehead atoms. The Bertz CT molecular complexity index is 81.7. The molecule has 1 fully saturated rings. The second kappa shape index (κ2) is 4.99. The minimum absolute atomic E-state index is 0.166. The summed E-state index contributed by atoms with van der Waals surface area (Å²) in [5.41, 5.74) is 0. The van der Waals surface area contributed by atoms with Crippen molar-refractivity contribution in [2.24, 2.45) is 0 Å². The number of thioether (sulfide) groups is 1. The normalized spacial score (nSPS) is 26.7. The third kappa shape index (κ3) is 2.90. The molecule has 0 aliphatic carbocycles. The molecule has 3 heteroatoms. The summed E-state index contributed by atoms with van der Waals surface area (Å²) in [6.45, 7) is 0.812. The SMILES string of the molecule is CSCOC1[C]CCCO1. The van der Waals surface area contributed by atoms with Crippen molar-refractivity contribution in [3.05, 3.63) is 6.42 Å². The lowest BCUT2D eigenvalue weighted by Crippen LogP contribution is -2.22. The fraction of sp³-hybridized carbons (Fsp3) is 0.857. The van der Waals surface area contributed by atoms with E-state index in [0.717, 1.165) is 19.4 Å². The molecule has 58 valence electrons. The fourth-order valence-electron chi connectivity index (χ4n) is 0.778. The maximum Gasteiger partial charge on any atom is 0.165 e. The van der Waals surface area contributed by atoms with Crippen LogP contribution in [0.25, 0.3) is 0 Å². The third-order valence-corrected chi connectivity index (χ3v) is 1.61. The van der Waals surface area contributed by atoms with Gasteiger partial charge in [-0.25, -0.2) is 0 Å². The zero-order chi connectivity index (χ0) is 7.23. The summed E-state index contributed by atoms with van der Waals surface area (Å²) < 4.78 is 10.5. The Hall–Kier alpha value is 0.270. The number of ether oxygens (including phenoxy) is 2. The lowest BCUT2D eigenvalue weighted by atomic mass is 10.2. The highest BCUT2D eigenvalue weighted by Gasteiger charge is 2.13. The number of hydrogen-bond acceptors (Lipinski definition) is 3. The van der Waals surface area contributed by atoms with Gasteiger partial charge in [0.1, 0.15) is 0 Å². The van der Waals surface area contributed by atoms with Crippen molar-refractivity contribution in [1.82, 2.24) is 0 Å². The third-order valence-electron chi connectivity index (χ3n) is 1.24. The topological polar surface area (TPSA) is 18.5 Å². The van der Waals surface area contributed by atoms with Crippen molar-refractivity contribution >= 4 is 11.8 Å². The van der Waals surface area contributed by atoms with Crippen LogP contribution in [-0.4, -0.2) is 25.1 Å². The highest BCUT2D eigenvalue weighted by atomic mass is 32.2. The maximum absolute atomic E-state index is 5.26. The first-order valence-electron chi connectivity index (χ1n) is 3.39. The second-order valence-electron chi connectivity index (χ2n) is 2.08. The predicted molar refractivity (Wildman–Crippen MR) is 41.7 cm³/mol. The Kier molecular flexibility index (Phi) is 4.18. The Morgan fingerprint density at radius 3 is 3.30 bits per heavy atom. The quantitative estimate of drug-likeness (QED) is 0.583. The van der Waals surface area contributed by atoms with E-state index in [1.54, 1.807) is 11.8 Å². The Balaban J connectivity index is 2.02. The lowest BCUT2D eigenvalue weighted by molar-refractivity contribution is -0.121. The van der Waals surface area contributed by atoms with Crippen LogP contribution >= 0.6 is 11.8 Å². The van der Waals surface area contributed by atoms with Gasteiger partial charge in [0, 0.05) is 13.0 Å². The minimum Gasteiger partial charge on any atom is -0.352 e. The second-order valence-corrected chi connectivity index (χ2v) is 2.90. The van der Waals surface area contributed by atoms with Crippen LogP contribution in [0.5, 0.6) is 0 Å². The number of rotatable bonds is 3. The first-order chi connectivity index (χ1) is 4.93. The van der Waals surface area contributed by atoms with Gasteiger partial charge < -0.3 is 9.47 Å². The molecule has 10 heavy (non-hydrogen) atoms. The van der Waals surface area contributed by atoms with E-state index in [1.807, 2.05) is 6.26 Å². The molecular weight excluding hydrogens is 148 g/mol. The van der Waals surface area contributed by atoms with Gasteiger partial charge in [-0.15, -0.1) is 11.8 Å². The van der Waals surface area contributed by atoms with Gasteiger partial charge in [0.05, 0.1) is 5.94 Å². The van der Waals surface area contributed by atoms with Crippen molar-refractivity contribution < 1.29 is 9.47 Å². The van der Waals surface area contributed by atoms with Crippen molar-refractivity contribution in [1.29, 1.82) is 0 Å². The molecule has 0 saturated carbocycles. The molecule has 1 aliphatic heterocycles. The van der Waals surface area contributed by atoms with Crippen LogP contribution < -0.4 is 0 Å². The van der Waals surface area contributed by atoms with Gasteiger partial charge >= 0.3 is 0 Å². The Morgan fingerprint density at radius 1 is 1.80 bits per heavy atom. The zero-order valence-electron chi connectivity index (χ0n) is 6.13.